The van der Waals surface area contributed by atoms with Gasteiger partial charge in [0.25, 0.3) is 5.91 Å². The molecule has 0 spiro atoms. The van der Waals surface area contributed by atoms with E-state index in [1.807, 2.05) is 51.1 Å². The predicted octanol–water partition coefficient (Wildman–Crippen LogP) is 4.05. The molecule has 0 bridgehead atoms. The molecule has 0 aliphatic rings. The molecule has 1 atom stereocenters. The third-order valence-corrected chi connectivity index (χ3v) is 4.05. The van der Waals surface area contributed by atoms with Gasteiger partial charge in [0, 0.05) is 23.0 Å². The second kappa shape index (κ2) is 10.3. The number of anilines is 2. The Labute approximate surface area is 166 Å². The summed E-state index contributed by atoms with van der Waals surface area (Å²) in [6.45, 7) is 8.00. The van der Waals surface area contributed by atoms with Gasteiger partial charge in [-0.15, -0.1) is 0 Å². The molecule has 2 rings (SSSR count). The molecule has 6 nitrogen and oxygen atoms in total. The standard InChI is InChI=1S/C22H29N3O3/c1-5-16(4)28-20-11-9-18(10-12-20)25-21(26)14-23-19-8-6-7-17(13-19)22(27)24-15(2)3/h6-13,15-16,23H,5,14H2,1-4H3,(H,24,27)(H,25,26). The zero-order chi connectivity index (χ0) is 20.5. The Morgan fingerprint density at radius 2 is 1.71 bits per heavy atom. The van der Waals surface area contributed by atoms with Gasteiger partial charge < -0.3 is 20.7 Å². The van der Waals surface area contributed by atoms with Crippen molar-refractivity contribution in [1.82, 2.24) is 5.32 Å². The minimum absolute atomic E-state index is 0.0665. The average molecular weight is 383 g/mol. The van der Waals surface area contributed by atoms with Gasteiger partial charge >= 0.3 is 0 Å². The van der Waals surface area contributed by atoms with E-state index in [0.717, 1.165) is 12.2 Å². The smallest absolute Gasteiger partial charge is 0.251 e. The number of carbonyl (C=O) groups is 2. The van der Waals surface area contributed by atoms with Crippen molar-refractivity contribution < 1.29 is 14.3 Å². The van der Waals surface area contributed by atoms with Gasteiger partial charge in [0.1, 0.15) is 5.75 Å². The predicted molar refractivity (Wildman–Crippen MR) is 113 cm³/mol. The van der Waals surface area contributed by atoms with Crippen LogP contribution in [-0.4, -0.2) is 30.5 Å². The highest BCUT2D eigenvalue weighted by Gasteiger charge is 2.08. The van der Waals surface area contributed by atoms with E-state index >= 15 is 0 Å². The molecule has 0 aromatic heterocycles. The fourth-order valence-corrected chi connectivity index (χ4v) is 2.44. The van der Waals surface area contributed by atoms with Crippen LogP contribution >= 0.6 is 0 Å². The molecule has 0 heterocycles. The van der Waals surface area contributed by atoms with Crippen LogP contribution in [0.1, 0.15) is 44.5 Å². The summed E-state index contributed by atoms with van der Waals surface area (Å²) in [7, 11) is 0. The molecule has 28 heavy (non-hydrogen) atoms. The van der Waals surface area contributed by atoms with Crippen LogP contribution in [0.25, 0.3) is 0 Å². The molecule has 2 amide bonds. The maximum absolute atomic E-state index is 12.2. The first kappa shape index (κ1) is 21.3. The Hall–Kier alpha value is -3.02. The van der Waals surface area contributed by atoms with Crippen LogP contribution in [0.4, 0.5) is 11.4 Å². The summed E-state index contributed by atoms with van der Waals surface area (Å²) in [6.07, 6.45) is 1.09. The van der Waals surface area contributed by atoms with Crippen molar-refractivity contribution in [2.75, 3.05) is 17.2 Å². The number of nitrogens with one attached hydrogen (secondary N) is 3. The van der Waals surface area contributed by atoms with Crippen molar-refractivity contribution >= 4 is 23.2 Å². The normalized spacial score (nSPS) is 11.6. The van der Waals surface area contributed by atoms with Crippen LogP contribution in [0.2, 0.25) is 0 Å². The van der Waals surface area contributed by atoms with E-state index in [1.165, 1.54) is 0 Å². The molecule has 0 saturated carbocycles. The first-order valence-corrected chi connectivity index (χ1v) is 9.58. The van der Waals surface area contributed by atoms with Crippen molar-refractivity contribution in [2.45, 2.75) is 46.3 Å². The van der Waals surface area contributed by atoms with Crippen molar-refractivity contribution in [3.8, 4) is 5.75 Å². The summed E-state index contributed by atoms with van der Waals surface area (Å²) < 4.78 is 5.73. The molecule has 6 heteroatoms. The lowest BCUT2D eigenvalue weighted by Crippen LogP contribution is -2.30. The Morgan fingerprint density at radius 1 is 1.00 bits per heavy atom. The number of amides is 2. The Bertz CT molecular complexity index is 788. The number of hydrogen-bond donors (Lipinski definition) is 3. The molecule has 0 aliphatic carbocycles. The highest BCUT2D eigenvalue weighted by Crippen LogP contribution is 2.18. The van der Waals surface area contributed by atoms with E-state index in [0.29, 0.717) is 16.9 Å². The number of ether oxygens (including phenoxy) is 1. The minimum Gasteiger partial charge on any atom is -0.491 e. The maximum Gasteiger partial charge on any atom is 0.251 e. The molecule has 0 radical (unpaired) electrons. The van der Waals surface area contributed by atoms with Gasteiger partial charge in [0.15, 0.2) is 0 Å². The molecule has 0 aliphatic heterocycles. The fraction of sp³-hybridized carbons (Fsp3) is 0.364. The van der Waals surface area contributed by atoms with Crippen LogP contribution in [0, 0.1) is 0 Å². The molecule has 1 unspecified atom stereocenters. The van der Waals surface area contributed by atoms with Gasteiger partial charge in [0.05, 0.1) is 12.6 Å². The van der Waals surface area contributed by atoms with E-state index in [9.17, 15) is 9.59 Å². The zero-order valence-corrected chi connectivity index (χ0v) is 16.9. The second-order valence-electron chi connectivity index (χ2n) is 6.97. The van der Waals surface area contributed by atoms with Gasteiger partial charge in [-0.05, 0) is 69.7 Å². The van der Waals surface area contributed by atoms with Gasteiger partial charge in [-0.2, -0.15) is 0 Å². The average Bonchev–Trinajstić information content (AvgIpc) is 2.67. The first-order valence-electron chi connectivity index (χ1n) is 9.58. The quantitative estimate of drug-likeness (QED) is 0.610. The third-order valence-electron chi connectivity index (χ3n) is 4.05. The monoisotopic (exact) mass is 383 g/mol. The van der Waals surface area contributed by atoms with Gasteiger partial charge in [0.2, 0.25) is 5.91 Å². The van der Waals surface area contributed by atoms with Crippen LogP contribution < -0.4 is 20.7 Å². The lowest BCUT2D eigenvalue weighted by atomic mass is 10.1. The Balaban J connectivity index is 1.86. The summed E-state index contributed by atoms with van der Waals surface area (Å²) in [6, 6.07) is 14.4. The largest absolute Gasteiger partial charge is 0.491 e. The van der Waals surface area contributed by atoms with E-state index < -0.39 is 0 Å². The number of benzene rings is 2. The first-order chi connectivity index (χ1) is 13.4. The summed E-state index contributed by atoms with van der Waals surface area (Å²) >= 11 is 0. The van der Waals surface area contributed by atoms with Crippen molar-refractivity contribution in [3.05, 3.63) is 54.1 Å². The van der Waals surface area contributed by atoms with Crippen molar-refractivity contribution in [2.24, 2.45) is 0 Å². The van der Waals surface area contributed by atoms with Gasteiger partial charge in [-0.25, -0.2) is 0 Å². The lowest BCUT2D eigenvalue weighted by molar-refractivity contribution is -0.114. The number of carbonyl (C=O) groups excluding carboxylic acids is 2. The summed E-state index contributed by atoms with van der Waals surface area (Å²) in [5, 5.41) is 8.72. The van der Waals surface area contributed by atoms with Crippen LogP contribution in [0.15, 0.2) is 48.5 Å². The number of hydrogen-bond acceptors (Lipinski definition) is 4. The molecule has 0 fully saturated rings. The number of rotatable bonds is 9. The molecular weight excluding hydrogens is 354 g/mol. The van der Waals surface area contributed by atoms with Crippen molar-refractivity contribution in [3.63, 3.8) is 0 Å². The maximum atomic E-state index is 12.2. The van der Waals surface area contributed by atoms with Crippen LogP contribution in [-0.2, 0) is 4.79 Å². The van der Waals surface area contributed by atoms with Gasteiger partial charge in [-0.3, -0.25) is 9.59 Å². The summed E-state index contributed by atoms with van der Waals surface area (Å²) in [5.41, 5.74) is 1.97. The second-order valence-corrected chi connectivity index (χ2v) is 6.97. The fourth-order valence-electron chi connectivity index (χ4n) is 2.44. The lowest BCUT2D eigenvalue weighted by Gasteiger charge is -2.13. The zero-order valence-electron chi connectivity index (χ0n) is 16.9. The molecule has 3 N–H and O–H groups in total. The minimum atomic E-state index is -0.173. The Morgan fingerprint density at radius 3 is 2.36 bits per heavy atom. The summed E-state index contributed by atoms with van der Waals surface area (Å²) in [4.78, 5) is 24.2. The van der Waals surface area contributed by atoms with Crippen molar-refractivity contribution in [1.29, 1.82) is 0 Å². The highest BCUT2D eigenvalue weighted by atomic mass is 16.5. The molecule has 2 aromatic carbocycles. The third kappa shape index (κ3) is 6.95. The van der Waals surface area contributed by atoms with Crippen LogP contribution in [0.3, 0.4) is 0 Å². The van der Waals surface area contributed by atoms with E-state index in [4.69, 9.17) is 4.74 Å². The van der Waals surface area contributed by atoms with Gasteiger partial charge in [-0.1, -0.05) is 13.0 Å². The summed E-state index contributed by atoms with van der Waals surface area (Å²) in [5.74, 6) is 0.470. The molecule has 2 aromatic rings. The SMILES string of the molecule is CCC(C)Oc1ccc(NC(=O)CNc2cccc(C(=O)NC(C)C)c2)cc1. The van der Waals surface area contributed by atoms with E-state index in [2.05, 4.69) is 22.9 Å². The molecule has 0 saturated heterocycles. The Kier molecular flexibility index (Phi) is 7.87. The molecule has 150 valence electrons. The highest BCUT2D eigenvalue weighted by molar-refractivity contribution is 5.96. The van der Waals surface area contributed by atoms with Crippen LogP contribution in [0.5, 0.6) is 5.75 Å². The van der Waals surface area contributed by atoms with E-state index in [1.54, 1.807) is 18.2 Å². The topological polar surface area (TPSA) is 79.5 Å². The molecular formula is C22H29N3O3. The van der Waals surface area contributed by atoms with E-state index in [-0.39, 0.29) is 30.5 Å².